The van der Waals surface area contributed by atoms with Gasteiger partial charge >= 0.3 is 12.4 Å². The maximum atomic E-state index is 14.0. The van der Waals surface area contributed by atoms with Gasteiger partial charge in [-0.2, -0.15) is 31.6 Å². The first-order valence-electron chi connectivity index (χ1n) is 9.22. The third-order valence-corrected chi connectivity index (χ3v) is 5.99. The predicted octanol–water partition coefficient (Wildman–Crippen LogP) is 3.76. The van der Waals surface area contributed by atoms with Gasteiger partial charge in [-0.05, 0) is 36.4 Å². The molecule has 33 heavy (non-hydrogen) atoms. The van der Waals surface area contributed by atoms with E-state index in [1.807, 2.05) is 0 Å². The number of benzene rings is 2. The standard InChI is InChI=1S/C20H16F6N2O4S/c1-33(29,30)16-6-4-14(5-7-16)31-11-15-10-28-18(32-15,20(24,25)26)13-3-2-12(9-27)17(8-13)19(21,22)23/h2-8,15,28H,10-11H2,1H3/t15-,18+/m0/s1. The van der Waals surface area contributed by atoms with Crippen molar-refractivity contribution >= 4 is 9.84 Å². The Balaban J connectivity index is 1.84. The Labute approximate surface area is 184 Å². The lowest BCUT2D eigenvalue weighted by atomic mass is 9.96. The molecule has 0 aliphatic carbocycles. The number of alkyl halides is 6. The predicted molar refractivity (Wildman–Crippen MR) is 102 cm³/mol. The van der Waals surface area contributed by atoms with Gasteiger partial charge in [-0.3, -0.25) is 5.32 Å². The topological polar surface area (TPSA) is 88.4 Å². The summed E-state index contributed by atoms with van der Waals surface area (Å²) >= 11 is 0. The highest BCUT2D eigenvalue weighted by molar-refractivity contribution is 7.90. The fourth-order valence-corrected chi connectivity index (χ4v) is 3.88. The fourth-order valence-electron chi connectivity index (χ4n) is 3.25. The zero-order chi connectivity index (χ0) is 24.7. The SMILES string of the molecule is CS(=O)(=O)c1ccc(OC[C@@H]2CN[C@@](c3ccc(C#N)c(C(F)(F)F)c3)(C(F)(F)F)O2)cc1. The maximum absolute atomic E-state index is 14.0. The van der Waals surface area contributed by atoms with Crippen molar-refractivity contribution in [3.8, 4) is 11.8 Å². The highest BCUT2D eigenvalue weighted by Gasteiger charge is 2.62. The molecule has 1 saturated heterocycles. The third-order valence-electron chi connectivity index (χ3n) is 4.86. The second-order valence-corrected chi connectivity index (χ2v) is 9.24. The number of hydrogen-bond donors (Lipinski definition) is 1. The van der Waals surface area contributed by atoms with Crippen LogP contribution >= 0.6 is 0 Å². The largest absolute Gasteiger partial charge is 0.491 e. The van der Waals surface area contributed by atoms with Crippen LogP contribution < -0.4 is 10.1 Å². The van der Waals surface area contributed by atoms with Crippen molar-refractivity contribution in [2.75, 3.05) is 19.4 Å². The maximum Gasteiger partial charge on any atom is 0.435 e. The van der Waals surface area contributed by atoms with Crippen LogP contribution in [0.3, 0.4) is 0 Å². The number of nitrogens with one attached hydrogen (secondary N) is 1. The summed E-state index contributed by atoms with van der Waals surface area (Å²) in [6, 6.07) is 8.10. The van der Waals surface area contributed by atoms with Crippen LogP contribution in [0.25, 0.3) is 0 Å². The number of ether oxygens (including phenoxy) is 2. The molecule has 0 radical (unpaired) electrons. The molecule has 6 nitrogen and oxygen atoms in total. The summed E-state index contributed by atoms with van der Waals surface area (Å²) in [6.45, 7) is -0.798. The van der Waals surface area contributed by atoms with Gasteiger partial charge in [0.1, 0.15) is 18.5 Å². The number of sulfone groups is 1. The third kappa shape index (κ3) is 5.07. The molecular formula is C20H16F6N2O4S. The lowest BCUT2D eigenvalue weighted by molar-refractivity contribution is -0.287. The van der Waals surface area contributed by atoms with Crippen molar-refractivity contribution in [2.45, 2.75) is 29.1 Å². The Kier molecular flexibility index (Phi) is 6.40. The molecule has 0 saturated carbocycles. The summed E-state index contributed by atoms with van der Waals surface area (Å²) in [5.41, 5.74) is -6.43. The lowest BCUT2D eigenvalue weighted by Gasteiger charge is -2.32. The number of nitriles is 1. The van der Waals surface area contributed by atoms with Crippen molar-refractivity contribution in [1.82, 2.24) is 5.32 Å². The van der Waals surface area contributed by atoms with Crippen molar-refractivity contribution in [2.24, 2.45) is 0 Å². The van der Waals surface area contributed by atoms with Crippen LogP contribution in [0, 0.1) is 11.3 Å². The molecule has 13 heteroatoms. The molecule has 3 rings (SSSR count). The minimum absolute atomic E-state index is 0.0195. The fraction of sp³-hybridized carbons (Fsp3) is 0.350. The van der Waals surface area contributed by atoms with Crippen LogP contribution in [-0.2, 0) is 26.5 Å². The molecule has 0 aromatic heterocycles. The van der Waals surface area contributed by atoms with E-state index in [2.05, 4.69) is 5.32 Å². The zero-order valence-electron chi connectivity index (χ0n) is 16.8. The number of rotatable bonds is 5. The Morgan fingerprint density at radius 2 is 1.79 bits per heavy atom. The molecule has 2 atom stereocenters. The van der Waals surface area contributed by atoms with Crippen LogP contribution in [0.5, 0.6) is 5.75 Å². The van der Waals surface area contributed by atoms with E-state index in [0.29, 0.717) is 6.07 Å². The zero-order valence-corrected chi connectivity index (χ0v) is 17.6. The summed E-state index contributed by atoms with van der Waals surface area (Å²) in [4.78, 5) is 0.0195. The van der Waals surface area contributed by atoms with Crippen LogP contribution in [0.1, 0.15) is 16.7 Å². The smallest absolute Gasteiger partial charge is 0.435 e. The molecule has 178 valence electrons. The van der Waals surface area contributed by atoms with Crippen molar-refractivity contribution in [3.63, 3.8) is 0 Å². The van der Waals surface area contributed by atoms with Gasteiger partial charge in [0, 0.05) is 18.4 Å². The highest BCUT2D eigenvalue weighted by Crippen LogP contribution is 2.45. The minimum atomic E-state index is -5.14. The summed E-state index contributed by atoms with van der Waals surface area (Å²) in [7, 11) is -3.45. The van der Waals surface area contributed by atoms with Gasteiger partial charge in [0.05, 0.1) is 22.1 Å². The normalized spacial score (nSPS) is 21.6. The molecule has 0 spiro atoms. The van der Waals surface area contributed by atoms with Crippen LogP contribution in [0.4, 0.5) is 26.3 Å². The molecule has 0 unspecified atom stereocenters. The van der Waals surface area contributed by atoms with E-state index < -0.39 is 63.9 Å². The Morgan fingerprint density at radius 1 is 1.15 bits per heavy atom. The van der Waals surface area contributed by atoms with E-state index in [9.17, 15) is 34.8 Å². The molecule has 1 aliphatic heterocycles. The Morgan fingerprint density at radius 3 is 2.30 bits per heavy atom. The average molecular weight is 494 g/mol. The van der Waals surface area contributed by atoms with E-state index in [1.54, 1.807) is 0 Å². The van der Waals surface area contributed by atoms with E-state index in [-0.39, 0.29) is 16.7 Å². The summed E-state index contributed by atoms with van der Waals surface area (Å²) in [5.74, 6) is 0.160. The molecule has 0 bridgehead atoms. The van der Waals surface area contributed by atoms with Gasteiger partial charge in [0.2, 0.25) is 5.72 Å². The average Bonchev–Trinajstić information content (AvgIpc) is 3.16. The van der Waals surface area contributed by atoms with Gasteiger partial charge in [-0.1, -0.05) is 6.07 Å². The quantitative estimate of drug-likeness (QED) is 0.637. The van der Waals surface area contributed by atoms with Crippen molar-refractivity contribution in [3.05, 3.63) is 59.2 Å². The van der Waals surface area contributed by atoms with E-state index in [1.165, 1.54) is 30.3 Å². The van der Waals surface area contributed by atoms with Crippen molar-refractivity contribution < 1.29 is 44.2 Å². The van der Waals surface area contributed by atoms with E-state index in [4.69, 9.17) is 14.7 Å². The molecule has 1 heterocycles. The van der Waals surface area contributed by atoms with Gasteiger partial charge < -0.3 is 9.47 Å². The summed E-state index contributed by atoms with van der Waals surface area (Å²) < 4.78 is 115. The van der Waals surface area contributed by atoms with Gasteiger partial charge in [-0.25, -0.2) is 8.42 Å². The number of halogens is 6. The molecule has 2 aromatic carbocycles. The van der Waals surface area contributed by atoms with E-state index >= 15 is 0 Å². The summed E-state index contributed by atoms with van der Waals surface area (Å²) in [6.07, 6.45) is -10.4. The molecule has 1 N–H and O–H groups in total. The highest BCUT2D eigenvalue weighted by atomic mass is 32.2. The second kappa shape index (κ2) is 8.51. The van der Waals surface area contributed by atoms with Gasteiger partial charge in [-0.15, -0.1) is 0 Å². The lowest BCUT2D eigenvalue weighted by Crippen LogP contribution is -2.51. The number of nitrogens with zero attached hydrogens (tertiary/aromatic N) is 1. The monoisotopic (exact) mass is 494 g/mol. The van der Waals surface area contributed by atoms with Crippen LogP contribution in [0.15, 0.2) is 47.4 Å². The minimum Gasteiger partial charge on any atom is -0.491 e. The first-order chi connectivity index (χ1) is 15.2. The molecule has 2 aromatic rings. The molecular weight excluding hydrogens is 478 g/mol. The van der Waals surface area contributed by atoms with Gasteiger partial charge in [0.15, 0.2) is 9.84 Å². The second-order valence-electron chi connectivity index (χ2n) is 7.22. The summed E-state index contributed by atoms with van der Waals surface area (Å²) in [5, 5.41) is 11.0. The first kappa shape index (κ1) is 24.8. The molecule has 1 fully saturated rings. The van der Waals surface area contributed by atoms with Crippen LogP contribution in [-0.4, -0.2) is 40.1 Å². The molecule has 0 amide bonds. The van der Waals surface area contributed by atoms with Crippen LogP contribution in [0.2, 0.25) is 0 Å². The van der Waals surface area contributed by atoms with Gasteiger partial charge in [0.25, 0.3) is 0 Å². The Hall–Kier alpha value is -2.82. The van der Waals surface area contributed by atoms with E-state index in [0.717, 1.165) is 12.3 Å². The molecule has 1 aliphatic rings. The van der Waals surface area contributed by atoms with Crippen molar-refractivity contribution in [1.29, 1.82) is 5.26 Å². The Bertz CT molecular complexity index is 1170. The number of hydrogen-bond acceptors (Lipinski definition) is 6. The first-order valence-corrected chi connectivity index (χ1v) is 11.1.